The van der Waals surface area contributed by atoms with E-state index in [0.717, 1.165) is 18.4 Å². The molecule has 1 fully saturated rings. The Morgan fingerprint density at radius 3 is 2.86 bits per heavy atom. The lowest BCUT2D eigenvalue weighted by Crippen LogP contribution is -2.46. The van der Waals surface area contributed by atoms with Gasteiger partial charge in [-0.2, -0.15) is 0 Å². The number of benzene rings is 1. The minimum Gasteiger partial charge on any atom is -0.492 e. The molecule has 2 aliphatic rings. The van der Waals surface area contributed by atoms with Gasteiger partial charge in [0.05, 0.1) is 5.92 Å². The maximum Gasteiger partial charge on any atom is 0.326 e. The number of fused-ring (bicyclic) bond motifs is 1. The van der Waals surface area contributed by atoms with Gasteiger partial charge in [-0.1, -0.05) is 18.9 Å². The molecule has 0 bridgehead atoms. The molecule has 0 spiro atoms. The van der Waals surface area contributed by atoms with E-state index in [0.29, 0.717) is 24.5 Å². The smallest absolute Gasteiger partial charge is 0.326 e. The van der Waals surface area contributed by atoms with Gasteiger partial charge in [0.15, 0.2) is 0 Å². The summed E-state index contributed by atoms with van der Waals surface area (Å²) >= 11 is 0. The fourth-order valence-corrected chi connectivity index (χ4v) is 2.71. The van der Waals surface area contributed by atoms with Crippen LogP contribution in [0.4, 0.5) is 4.39 Å². The molecule has 2 atom stereocenters. The van der Waals surface area contributed by atoms with Crippen LogP contribution in [-0.2, 0) is 16.0 Å². The van der Waals surface area contributed by atoms with Crippen LogP contribution in [0.2, 0.25) is 0 Å². The number of carboxylic acid groups (broad SMARTS) is 1. The SMILES string of the molecule is O=C(NC(CC1CC1)C(=O)O)C1COc2cc(F)ccc2C1. The van der Waals surface area contributed by atoms with Crippen LogP contribution in [0.3, 0.4) is 0 Å². The molecule has 1 aromatic carbocycles. The lowest BCUT2D eigenvalue weighted by molar-refractivity contribution is -0.143. The number of carbonyl (C=O) groups excluding carboxylic acids is 1. The third-order valence-electron chi connectivity index (χ3n) is 4.19. The van der Waals surface area contributed by atoms with Crippen molar-refractivity contribution >= 4 is 11.9 Å². The van der Waals surface area contributed by atoms with Gasteiger partial charge < -0.3 is 15.2 Å². The van der Waals surface area contributed by atoms with E-state index in [1.807, 2.05) is 0 Å². The van der Waals surface area contributed by atoms with Crippen molar-refractivity contribution in [2.75, 3.05) is 6.61 Å². The van der Waals surface area contributed by atoms with E-state index in [1.54, 1.807) is 6.07 Å². The first kappa shape index (κ1) is 14.8. The number of carbonyl (C=O) groups is 2. The largest absolute Gasteiger partial charge is 0.492 e. The summed E-state index contributed by atoms with van der Waals surface area (Å²) in [6.45, 7) is 0.137. The quantitative estimate of drug-likeness (QED) is 0.869. The topological polar surface area (TPSA) is 75.6 Å². The summed E-state index contributed by atoms with van der Waals surface area (Å²) in [4.78, 5) is 23.5. The third-order valence-corrected chi connectivity index (χ3v) is 4.19. The third kappa shape index (κ3) is 3.37. The van der Waals surface area contributed by atoms with Gasteiger partial charge in [-0.25, -0.2) is 9.18 Å². The molecule has 6 heteroatoms. The number of rotatable bonds is 5. The first-order valence-corrected chi connectivity index (χ1v) is 7.47. The van der Waals surface area contributed by atoms with Gasteiger partial charge >= 0.3 is 5.97 Å². The lowest BCUT2D eigenvalue weighted by atomic mass is 9.95. The number of nitrogens with one attached hydrogen (secondary N) is 1. The Kier molecular flexibility index (Phi) is 4.00. The van der Waals surface area contributed by atoms with Gasteiger partial charge in [-0.3, -0.25) is 4.79 Å². The number of amides is 1. The molecule has 2 N–H and O–H groups in total. The van der Waals surface area contributed by atoms with Gasteiger partial charge in [0.2, 0.25) is 5.91 Å². The molecule has 22 heavy (non-hydrogen) atoms. The molecular weight excluding hydrogens is 289 g/mol. The van der Waals surface area contributed by atoms with Crippen LogP contribution in [0.1, 0.15) is 24.8 Å². The molecule has 1 heterocycles. The van der Waals surface area contributed by atoms with Crippen molar-refractivity contribution < 1.29 is 23.8 Å². The normalized spacial score (nSPS) is 21.4. The van der Waals surface area contributed by atoms with Crippen LogP contribution < -0.4 is 10.1 Å². The second kappa shape index (κ2) is 5.94. The zero-order valence-corrected chi connectivity index (χ0v) is 12.0. The van der Waals surface area contributed by atoms with E-state index >= 15 is 0 Å². The molecule has 1 amide bonds. The second-order valence-corrected chi connectivity index (χ2v) is 6.04. The lowest BCUT2D eigenvalue weighted by Gasteiger charge is -2.26. The first-order chi connectivity index (χ1) is 10.5. The molecule has 3 rings (SSSR count). The molecule has 0 aromatic heterocycles. The summed E-state index contributed by atoms with van der Waals surface area (Å²) in [5.74, 6) is -1.27. The number of aliphatic carboxylic acids is 1. The molecule has 1 saturated carbocycles. The van der Waals surface area contributed by atoms with Crippen LogP contribution in [0.15, 0.2) is 18.2 Å². The maximum atomic E-state index is 13.1. The zero-order chi connectivity index (χ0) is 15.7. The zero-order valence-electron chi connectivity index (χ0n) is 12.0. The van der Waals surface area contributed by atoms with E-state index in [2.05, 4.69) is 5.32 Å². The minimum absolute atomic E-state index is 0.137. The van der Waals surface area contributed by atoms with Gasteiger partial charge in [-0.05, 0) is 30.4 Å². The number of hydrogen-bond acceptors (Lipinski definition) is 3. The van der Waals surface area contributed by atoms with Crippen molar-refractivity contribution in [2.24, 2.45) is 11.8 Å². The van der Waals surface area contributed by atoms with Crippen molar-refractivity contribution in [1.29, 1.82) is 0 Å². The molecular formula is C16H18FNO4. The number of carboxylic acids is 1. The summed E-state index contributed by atoms with van der Waals surface area (Å²) < 4.78 is 18.5. The fourth-order valence-electron chi connectivity index (χ4n) is 2.71. The van der Waals surface area contributed by atoms with Gasteiger partial charge in [-0.15, -0.1) is 0 Å². The predicted octanol–water partition coefficient (Wildman–Crippen LogP) is 1.75. The fraction of sp³-hybridized carbons (Fsp3) is 0.500. The predicted molar refractivity (Wildman–Crippen MR) is 76.0 cm³/mol. The van der Waals surface area contributed by atoms with Crippen LogP contribution in [0, 0.1) is 17.7 Å². The van der Waals surface area contributed by atoms with Gasteiger partial charge in [0.1, 0.15) is 24.2 Å². The van der Waals surface area contributed by atoms with Crippen molar-refractivity contribution in [3.05, 3.63) is 29.6 Å². The van der Waals surface area contributed by atoms with Crippen molar-refractivity contribution in [2.45, 2.75) is 31.7 Å². The molecule has 5 nitrogen and oxygen atoms in total. The van der Waals surface area contributed by atoms with Crippen LogP contribution in [-0.4, -0.2) is 29.6 Å². The highest BCUT2D eigenvalue weighted by Gasteiger charge is 2.33. The van der Waals surface area contributed by atoms with Gasteiger partial charge in [0.25, 0.3) is 0 Å². The van der Waals surface area contributed by atoms with Crippen LogP contribution in [0.25, 0.3) is 0 Å². The highest BCUT2D eigenvalue weighted by molar-refractivity contribution is 5.85. The highest BCUT2D eigenvalue weighted by atomic mass is 19.1. The highest BCUT2D eigenvalue weighted by Crippen LogP contribution is 2.34. The van der Waals surface area contributed by atoms with E-state index in [4.69, 9.17) is 4.74 Å². The molecule has 1 aliphatic carbocycles. The van der Waals surface area contributed by atoms with Crippen LogP contribution >= 0.6 is 0 Å². The standard InChI is InChI=1S/C16H18FNO4/c17-12-4-3-10-6-11(8-22-14(10)7-12)15(19)18-13(16(20)21)5-9-1-2-9/h3-4,7,9,11,13H,1-2,5-6,8H2,(H,18,19)(H,20,21). The number of ether oxygens (including phenoxy) is 1. The summed E-state index contributed by atoms with van der Waals surface area (Å²) in [6.07, 6.45) is 2.98. The molecule has 0 saturated heterocycles. The van der Waals surface area contributed by atoms with E-state index in [1.165, 1.54) is 12.1 Å². The monoisotopic (exact) mass is 307 g/mol. The Morgan fingerprint density at radius 2 is 2.18 bits per heavy atom. The van der Waals surface area contributed by atoms with Crippen molar-refractivity contribution in [1.82, 2.24) is 5.32 Å². The Bertz CT molecular complexity index is 600. The molecule has 118 valence electrons. The number of hydrogen-bond donors (Lipinski definition) is 2. The summed E-state index contributed by atoms with van der Waals surface area (Å²) in [5.41, 5.74) is 0.766. The van der Waals surface area contributed by atoms with Crippen molar-refractivity contribution in [3.63, 3.8) is 0 Å². The summed E-state index contributed by atoms with van der Waals surface area (Å²) in [7, 11) is 0. The Balaban J connectivity index is 1.62. The Labute approximate surface area is 127 Å². The minimum atomic E-state index is -1.00. The molecule has 1 aliphatic heterocycles. The Hall–Kier alpha value is -2.11. The van der Waals surface area contributed by atoms with E-state index in [-0.39, 0.29) is 18.3 Å². The number of halogens is 1. The summed E-state index contributed by atoms with van der Waals surface area (Å²) in [5, 5.41) is 11.8. The van der Waals surface area contributed by atoms with E-state index in [9.17, 15) is 19.1 Å². The first-order valence-electron chi connectivity index (χ1n) is 7.47. The second-order valence-electron chi connectivity index (χ2n) is 6.04. The molecule has 1 aromatic rings. The maximum absolute atomic E-state index is 13.1. The summed E-state index contributed by atoms with van der Waals surface area (Å²) in [6, 6.07) is 3.39. The van der Waals surface area contributed by atoms with Crippen molar-refractivity contribution in [3.8, 4) is 5.75 Å². The molecule has 2 unspecified atom stereocenters. The Morgan fingerprint density at radius 1 is 1.41 bits per heavy atom. The van der Waals surface area contributed by atoms with E-state index < -0.39 is 17.9 Å². The molecule has 0 radical (unpaired) electrons. The van der Waals surface area contributed by atoms with Crippen LogP contribution in [0.5, 0.6) is 5.75 Å². The van der Waals surface area contributed by atoms with Gasteiger partial charge in [0, 0.05) is 6.07 Å². The average molecular weight is 307 g/mol. The average Bonchev–Trinajstić information content (AvgIpc) is 3.29.